The quantitative estimate of drug-likeness (QED) is 0.470. The van der Waals surface area contributed by atoms with Crippen LogP contribution in [0.4, 0.5) is 11.4 Å². The number of amides is 2. The fourth-order valence-corrected chi connectivity index (χ4v) is 2.74. The van der Waals surface area contributed by atoms with Gasteiger partial charge in [0.1, 0.15) is 23.0 Å². The van der Waals surface area contributed by atoms with E-state index in [4.69, 9.17) is 5.73 Å². The molecule has 3 aromatic carbocycles. The SMILES string of the molecule is NC(=O)c1cccc(C(=O)N(c2cc(O)cc(O)c2)c2cc(O)cc(O)c2)c1. The number of nitrogens with two attached hydrogens (primary N) is 1. The minimum atomic E-state index is -0.716. The lowest BCUT2D eigenvalue weighted by Gasteiger charge is -2.24. The highest BCUT2D eigenvalue weighted by Crippen LogP contribution is 2.36. The number of phenols is 4. The van der Waals surface area contributed by atoms with Gasteiger partial charge in [0.05, 0.1) is 11.4 Å². The van der Waals surface area contributed by atoms with E-state index in [0.29, 0.717) is 0 Å². The summed E-state index contributed by atoms with van der Waals surface area (Å²) in [5.74, 6) is -2.58. The van der Waals surface area contributed by atoms with Crippen molar-refractivity contribution in [3.05, 3.63) is 71.8 Å². The summed E-state index contributed by atoms with van der Waals surface area (Å²) in [6.45, 7) is 0. The predicted molar refractivity (Wildman–Crippen MR) is 101 cm³/mol. The van der Waals surface area contributed by atoms with Crippen molar-refractivity contribution in [2.45, 2.75) is 0 Å². The van der Waals surface area contributed by atoms with Crippen LogP contribution in [-0.2, 0) is 0 Å². The van der Waals surface area contributed by atoms with Gasteiger partial charge in [-0.2, -0.15) is 0 Å². The Kier molecular flexibility index (Phi) is 4.78. The van der Waals surface area contributed by atoms with E-state index in [1.165, 1.54) is 48.5 Å². The first-order chi connectivity index (χ1) is 13.2. The van der Waals surface area contributed by atoms with Gasteiger partial charge in [0, 0.05) is 47.5 Å². The average Bonchev–Trinajstić information content (AvgIpc) is 2.60. The minimum Gasteiger partial charge on any atom is -0.508 e. The molecule has 0 aliphatic heterocycles. The van der Waals surface area contributed by atoms with Crippen molar-refractivity contribution in [2.75, 3.05) is 4.90 Å². The monoisotopic (exact) mass is 380 g/mol. The zero-order valence-electron chi connectivity index (χ0n) is 14.4. The van der Waals surface area contributed by atoms with E-state index in [1.807, 2.05) is 0 Å². The minimum absolute atomic E-state index is 0.0666. The van der Waals surface area contributed by atoms with Gasteiger partial charge in [-0.1, -0.05) is 6.07 Å². The van der Waals surface area contributed by atoms with E-state index in [9.17, 15) is 30.0 Å². The highest BCUT2D eigenvalue weighted by Gasteiger charge is 2.23. The number of aromatic hydroxyl groups is 4. The third kappa shape index (κ3) is 3.80. The van der Waals surface area contributed by atoms with Gasteiger partial charge in [-0.15, -0.1) is 0 Å². The zero-order valence-corrected chi connectivity index (χ0v) is 14.4. The Morgan fingerprint density at radius 1 is 0.679 bits per heavy atom. The lowest BCUT2D eigenvalue weighted by Crippen LogP contribution is -2.26. The summed E-state index contributed by atoms with van der Waals surface area (Å²) in [6, 6.07) is 12.7. The molecule has 3 aromatic rings. The van der Waals surface area contributed by atoms with Gasteiger partial charge in [-0.05, 0) is 18.2 Å². The first-order valence-corrected chi connectivity index (χ1v) is 8.05. The van der Waals surface area contributed by atoms with E-state index >= 15 is 0 Å². The van der Waals surface area contributed by atoms with Gasteiger partial charge >= 0.3 is 0 Å². The second-order valence-electron chi connectivity index (χ2n) is 6.00. The highest BCUT2D eigenvalue weighted by atomic mass is 16.3. The molecule has 0 spiro atoms. The summed E-state index contributed by atoms with van der Waals surface area (Å²) in [6.07, 6.45) is 0. The summed E-state index contributed by atoms with van der Waals surface area (Å²) in [5.41, 5.74) is 5.60. The van der Waals surface area contributed by atoms with Crippen molar-refractivity contribution in [2.24, 2.45) is 5.73 Å². The molecule has 0 radical (unpaired) electrons. The van der Waals surface area contributed by atoms with Crippen LogP contribution in [0.15, 0.2) is 60.7 Å². The zero-order chi connectivity index (χ0) is 20.4. The highest BCUT2D eigenvalue weighted by molar-refractivity contribution is 6.12. The third-order valence-electron chi connectivity index (χ3n) is 3.89. The molecule has 0 aliphatic carbocycles. The molecule has 0 unspecified atom stereocenters. The number of hydrogen-bond acceptors (Lipinski definition) is 6. The second-order valence-corrected chi connectivity index (χ2v) is 6.00. The van der Waals surface area contributed by atoms with Crippen LogP contribution in [0.3, 0.4) is 0 Å². The topological polar surface area (TPSA) is 144 Å². The van der Waals surface area contributed by atoms with Crippen LogP contribution in [0.5, 0.6) is 23.0 Å². The Labute approximate surface area is 159 Å². The van der Waals surface area contributed by atoms with Crippen LogP contribution >= 0.6 is 0 Å². The van der Waals surface area contributed by atoms with Gasteiger partial charge in [0.25, 0.3) is 5.91 Å². The number of phenolic OH excluding ortho intramolecular Hbond substituents is 4. The third-order valence-corrected chi connectivity index (χ3v) is 3.89. The number of rotatable bonds is 4. The number of nitrogens with zero attached hydrogens (tertiary/aromatic N) is 1. The average molecular weight is 380 g/mol. The van der Waals surface area contributed by atoms with Crippen LogP contribution in [0, 0.1) is 0 Å². The molecule has 28 heavy (non-hydrogen) atoms. The fraction of sp³-hybridized carbons (Fsp3) is 0. The molecule has 0 saturated carbocycles. The Hall–Kier alpha value is -4.20. The van der Waals surface area contributed by atoms with Gasteiger partial charge in [-0.25, -0.2) is 0 Å². The number of benzene rings is 3. The van der Waals surface area contributed by atoms with Gasteiger partial charge < -0.3 is 26.2 Å². The fourth-order valence-electron chi connectivity index (χ4n) is 2.74. The van der Waals surface area contributed by atoms with Crippen LogP contribution in [-0.4, -0.2) is 32.2 Å². The van der Waals surface area contributed by atoms with Crippen molar-refractivity contribution >= 4 is 23.2 Å². The molecular formula is C20H16N2O6. The summed E-state index contributed by atoms with van der Waals surface area (Å²) < 4.78 is 0. The van der Waals surface area contributed by atoms with Crippen LogP contribution in [0.2, 0.25) is 0 Å². The Balaban J connectivity index is 2.19. The van der Waals surface area contributed by atoms with Gasteiger partial charge in [-0.3, -0.25) is 14.5 Å². The largest absolute Gasteiger partial charge is 0.508 e. The number of hydrogen-bond donors (Lipinski definition) is 5. The maximum Gasteiger partial charge on any atom is 0.262 e. The van der Waals surface area contributed by atoms with Crippen molar-refractivity contribution in [3.63, 3.8) is 0 Å². The normalized spacial score (nSPS) is 10.4. The lowest BCUT2D eigenvalue weighted by molar-refractivity contribution is 0.0998. The molecule has 0 fully saturated rings. The summed E-state index contributed by atoms with van der Waals surface area (Å²) >= 11 is 0. The van der Waals surface area contributed by atoms with Crippen molar-refractivity contribution < 1.29 is 30.0 Å². The van der Waals surface area contributed by atoms with Crippen LogP contribution in [0.25, 0.3) is 0 Å². The van der Waals surface area contributed by atoms with E-state index in [2.05, 4.69) is 0 Å². The predicted octanol–water partition coefficient (Wildman–Crippen LogP) is 2.59. The first kappa shape index (κ1) is 18.6. The summed E-state index contributed by atoms with van der Waals surface area (Å²) in [5, 5.41) is 39.2. The van der Waals surface area contributed by atoms with Crippen LogP contribution < -0.4 is 10.6 Å². The van der Waals surface area contributed by atoms with Gasteiger partial charge in [0.15, 0.2) is 0 Å². The lowest BCUT2D eigenvalue weighted by atomic mass is 10.1. The molecule has 0 bridgehead atoms. The second kappa shape index (κ2) is 7.20. The molecular weight excluding hydrogens is 364 g/mol. The van der Waals surface area contributed by atoms with Crippen molar-refractivity contribution in [1.82, 2.24) is 0 Å². The maximum atomic E-state index is 13.2. The molecule has 0 aromatic heterocycles. The molecule has 0 aliphatic rings. The molecule has 8 heteroatoms. The number of primary amides is 1. The maximum absolute atomic E-state index is 13.2. The molecule has 0 heterocycles. The number of anilines is 2. The summed E-state index contributed by atoms with van der Waals surface area (Å²) in [4.78, 5) is 25.7. The molecule has 2 amide bonds. The Bertz CT molecular complexity index is 988. The molecule has 142 valence electrons. The Morgan fingerprint density at radius 3 is 1.54 bits per heavy atom. The van der Waals surface area contributed by atoms with Crippen LogP contribution in [0.1, 0.15) is 20.7 Å². The molecule has 8 nitrogen and oxygen atoms in total. The van der Waals surface area contributed by atoms with E-state index in [-0.39, 0.29) is 45.5 Å². The number of carbonyl (C=O) groups is 2. The van der Waals surface area contributed by atoms with E-state index < -0.39 is 11.8 Å². The smallest absolute Gasteiger partial charge is 0.262 e. The Morgan fingerprint density at radius 2 is 1.11 bits per heavy atom. The van der Waals surface area contributed by atoms with Crippen molar-refractivity contribution in [3.8, 4) is 23.0 Å². The standard InChI is InChI=1S/C20H16N2O6/c21-19(27)11-2-1-3-12(4-11)20(28)22(13-5-15(23)9-16(24)6-13)14-7-17(25)10-18(26)8-14/h1-10,23-26H,(H2,21,27). The molecule has 0 atom stereocenters. The molecule has 0 saturated heterocycles. The summed E-state index contributed by atoms with van der Waals surface area (Å²) in [7, 11) is 0. The molecule has 3 rings (SSSR count). The molecule has 6 N–H and O–H groups in total. The van der Waals surface area contributed by atoms with Crippen molar-refractivity contribution in [1.29, 1.82) is 0 Å². The van der Waals surface area contributed by atoms with Gasteiger partial charge in [0.2, 0.25) is 5.91 Å². The van der Waals surface area contributed by atoms with E-state index in [1.54, 1.807) is 0 Å². The van der Waals surface area contributed by atoms with E-state index in [0.717, 1.165) is 17.0 Å². The number of carbonyl (C=O) groups excluding carboxylic acids is 2. The first-order valence-electron chi connectivity index (χ1n) is 8.05.